The molecule has 2 unspecified atom stereocenters. The van der Waals surface area contributed by atoms with E-state index >= 15 is 0 Å². The molecule has 0 saturated heterocycles. The normalized spacial score (nSPS) is 14.9. The summed E-state index contributed by atoms with van der Waals surface area (Å²) >= 11 is 0. The molecule has 0 rings (SSSR count). The van der Waals surface area contributed by atoms with Gasteiger partial charge in [0.2, 0.25) is 0 Å². The molecule has 0 aromatic carbocycles. The van der Waals surface area contributed by atoms with E-state index in [1.165, 1.54) is 0 Å². The molecular weight excluding hydrogens is 210 g/mol. The maximum absolute atomic E-state index is 11.4. The lowest BCUT2D eigenvalue weighted by Crippen LogP contribution is -2.36. The Morgan fingerprint density at radius 2 is 2.06 bits per heavy atom. The summed E-state index contributed by atoms with van der Waals surface area (Å²) in [5.74, 6) is -0.379. The topological polar surface area (TPSA) is 59.0 Å². The van der Waals surface area contributed by atoms with Gasteiger partial charge in [0.15, 0.2) is 0 Å². The van der Waals surface area contributed by atoms with E-state index in [0.717, 1.165) is 0 Å². The molecule has 0 aliphatic carbocycles. The number of hydrogen-bond donors (Lipinski definition) is 1. The molecule has 16 heavy (non-hydrogen) atoms. The van der Waals surface area contributed by atoms with E-state index in [4.69, 9.17) is 9.47 Å². The van der Waals surface area contributed by atoms with E-state index in [1.807, 2.05) is 18.9 Å². The zero-order chi connectivity index (χ0) is 12.6. The molecule has 5 nitrogen and oxygen atoms in total. The number of nitrogens with zero attached hydrogens (tertiary/aromatic N) is 1. The molecule has 0 bridgehead atoms. The van der Waals surface area contributed by atoms with Gasteiger partial charge in [0.1, 0.15) is 0 Å². The number of methoxy groups -OCH3 is 1. The van der Waals surface area contributed by atoms with Gasteiger partial charge in [-0.3, -0.25) is 4.79 Å². The number of rotatable bonds is 8. The van der Waals surface area contributed by atoms with Gasteiger partial charge >= 0.3 is 5.97 Å². The van der Waals surface area contributed by atoms with Gasteiger partial charge < -0.3 is 19.5 Å². The third kappa shape index (κ3) is 6.76. The summed E-state index contributed by atoms with van der Waals surface area (Å²) in [6.07, 6.45) is -0.524. The minimum Gasteiger partial charge on any atom is -0.466 e. The third-order valence-electron chi connectivity index (χ3n) is 2.16. The molecule has 0 spiro atoms. The molecule has 0 heterocycles. The van der Waals surface area contributed by atoms with Gasteiger partial charge in [0.05, 0.1) is 25.2 Å². The predicted molar refractivity (Wildman–Crippen MR) is 61.2 cm³/mol. The molecule has 1 N–H and O–H groups in total. The average molecular weight is 233 g/mol. The van der Waals surface area contributed by atoms with Crippen LogP contribution in [0, 0.1) is 5.92 Å². The third-order valence-corrected chi connectivity index (χ3v) is 2.16. The maximum atomic E-state index is 11.4. The molecule has 96 valence electrons. The first-order valence-corrected chi connectivity index (χ1v) is 5.53. The Kier molecular flexibility index (Phi) is 8.15. The fourth-order valence-corrected chi connectivity index (χ4v) is 1.51. The first kappa shape index (κ1) is 15.3. The van der Waals surface area contributed by atoms with Crippen LogP contribution < -0.4 is 0 Å². The molecular formula is C11H23NO4. The van der Waals surface area contributed by atoms with Crippen LogP contribution in [0.25, 0.3) is 0 Å². The van der Waals surface area contributed by atoms with E-state index in [9.17, 15) is 9.90 Å². The van der Waals surface area contributed by atoms with Crippen molar-refractivity contribution in [3.63, 3.8) is 0 Å². The van der Waals surface area contributed by atoms with Crippen molar-refractivity contribution in [2.24, 2.45) is 5.92 Å². The number of carbonyl (C=O) groups is 1. The first-order chi connectivity index (χ1) is 7.51. The van der Waals surface area contributed by atoms with E-state index in [1.54, 1.807) is 14.0 Å². The summed E-state index contributed by atoms with van der Waals surface area (Å²) in [6, 6.07) is 0. The molecule has 0 saturated carbocycles. The predicted octanol–water partition coefficient (Wildman–Crippen LogP) is 0.125. The van der Waals surface area contributed by atoms with Crippen LogP contribution in [-0.2, 0) is 14.3 Å². The van der Waals surface area contributed by atoms with Crippen molar-refractivity contribution in [1.82, 2.24) is 4.90 Å². The second-order valence-electron chi connectivity index (χ2n) is 3.98. The lowest BCUT2D eigenvalue weighted by atomic mass is 10.1. The van der Waals surface area contributed by atoms with Crippen LogP contribution in [0.1, 0.15) is 13.8 Å². The van der Waals surface area contributed by atoms with Crippen molar-refractivity contribution in [2.75, 3.05) is 40.5 Å². The zero-order valence-corrected chi connectivity index (χ0v) is 10.6. The number of likely N-dealkylation sites (N-methyl/N-ethyl adjacent to an activating group) is 1. The minimum absolute atomic E-state index is 0.181. The highest BCUT2D eigenvalue weighted by Gasteiger charge is 2.17. The smallest absolute Gasteiger partial charge is 0.309 e. The number of aliphatic hydroxyl groups excluding tert-OH is 1. The van der Waals surface area contributed by atoms with E-state index in [0.29, 0.717) is 26.3 Å². The Bertz CT molecular complexity index is 198. The van der Waals surface area contributed by atoms with Crippen molar-refractivity contribution in [1.29, 1.82) is 0 Å². The monoisotopic (exact) mass is 233 g/mol. The van der Waals surface area contributed by atoms with Gasteiger partial charge in [-0.15, -0.1) is 0 Å². The van der Waals surface area contributed by atoms with Crippen LogP contribution in [0.3, 0.4) is 0 Å². The van der Waals surface area contributed by atoms with Gasteiger partial charge in [-0.05, 0) is 14.0 Å². The molecule has 0 fully saturated rings. The summed E-state index contributed by atoms with van der Waals surface area (Å²) < 4.78 is 9.73. The van der Waals surface area contributed by atoms with Crippen molar-refractivity contribution < 1.29 is 19.4 Å². The van der Waals surface area contributed by atoms with E-state index < -0.39 is 6.10 Å². The highest BCUT2D eigenvalue weighted by molar-refractivity contribution is 5.72. The Morgan fingerprint density at radius 3 is 2.56 bits per heavy atom. The standard InChI is InChI=1S/C11H23NO4/c1-5-16-11(14)9(2)6-12(3)7-10(13)8-15-4/h9-10,13H,5-8H2,1-4H3. The second-order valence-corrected chi connectivity index (χ2v) is 3.98. The number of esters is 1. The van der Waals surface area contributed by atoms with Gasteiger partial charge in [0, 0.05) is 20.2 Å². The number of ether oxygens (including phenoxy) is 2. The fraction of sp³-hybridized carbons (Fsp3) is 0.909. The van der Waals surface area contributed by atoms with Crippen LogP contribution in [0.5, 0.6) is 0 Å². The Balaban J connectivity index is 3.85. The van der Waals surface area contributed by atoms with Gasteiger partial charge in [-0.2, -0.15) is 0 Å². The van der Waals surface area contributed by atoms with E-state index in [2.05, 4.69) is 0 Å². The lowest BCUT2D eigenvalue weighted by Gasteiger charge is -2.22. The minimum atomic E-state index is -0.524. The molecule has 0 aromatic rings. The number of hydrogen-bond acceptors (Lipinski definition) is 5. The van der Waals surface area contributed by atoms with Crippen LogP contribution in [0.4, 0.5) is 0 Å². The van der Waals surface area contributed by atoms with Crippen LogP contribution in [0.15, 0.2) is 0 Å². The Labute approximate surface area is 97.3 Å². The quantitative estimate of drug-likeness (QED) is 0.604. The summed E-state index contributed by atoms with van der Waals surface area (Å²) in [6.45, 7) is 5.36. The van der Waals surface area contributed by atoms with Crippen molar-refractivity contribution in [3.05, 3.63) is 0 Å². The summed E-state index contributed by atoms with van der Waals surface area (Å²) in [4.78, 5) is 13.2. The summed E-state index contributed by atoms with van der Waals surface area (Å²) in [5, 5.41) is 9.49. The number of carbonyl (C=O) groups excluding carboxylic acids is 1. The molecule has 0 radical (unpaired) electrons. The van der Waals surface area contributed by atoms with Crippen LogP contribution >= 0.6 is 0 Å². The van der Waals surface area contributed by atoms with Gasteiger partial charge in [0.25, 0.3) is 0 Å². The SMILES string of the molecule is CCOC(=O)C(C)CN(C)CC(O)COC. The fourth-order valence-electron chi connectivity index (χ4n) is 1.51. The Hall–Kier alpha value is -0.650. The molecule has 0 aliphatic heterocycles. The summed E-state index contributed by atoms with van der Waals surface area (Å²) in [7, 11) is 3.40. The first-order valence-electron chi connectivity index (χ1n) is 5.53. The molecule has 0 amide bonds. The zero-order valence-electron chi connectivity index (χ0n) is 10.6. The molecule has 0 aromatic heterocycles. The van der Waals surface area contributed by atoms with Crippen molar-refractivity contribution >= 4 is 5.97 Å². The Morgan fingerprint density at radius 1 is 1.44 bits per heavy atom. The van der Waals surface area contributed by atoms with Gasteiger partial charge in [-0.25, -0.2) is 0 Å². The van der Waals surface area contributed by atoms with Crippen LogP contribution in [0.2, 0.25) is 0 Å². The van der Waals surface area contributed by atoms with Crippen LogP contribution in [-0.4, -0.2) is 62.5 Å². The molecule has 2 atom stereocenters. The second kappa shape index (κ2) is 8.50. The van der Waals surface area contributed by atoms with Gasteiger partial charge in [-0.1, -0.05) is 6.92 Å². The molecule has 0 aliphatic rings. The highest BCUT2D eigenvalue weighted by atomic mass is 16.5. The maximum Gasteiger partial charge on any atom is 0.309 e. The molecule has 5 heteroatoms. The van der Waals surface area contributed by atoms with Crippen molar-refractivity contribution in [2.45, 2.75) is 20.0 Å². The van der Waals surface area contributed by atoms with E-state index in [-0.39, 0.29) is 11.9 Å². The number of aliphatic hydroxyl groups is 1. The largest absolute Gasteiger partial charge is 0.466 e. The average Bonchev–Trinajstić information content (AvgIpc) is 2.17. The van der Waals surface area contributed by atoms with Crippen molar-refractivity contribution in [3.8, 4) is 0 Å². The highest BCUT2D eigenvalue weighted by Crippen LogP contribution is 2.02. The lowest BCUT2D eigenvalue weighted by molar-refractivity contribution is -0.148. The summed E-state index contributed by atoms with van der Waals surface area (Å²) in [5.41, 5.74) is 0.